The van der Waals surface area contributed by atoms with Crippen LogP contribution in [0.1, 0.15) is 32.3 Å². The summed E-state index contributed by atoms with van der Waals surface area (Å²) in [7, 11) is 0. The predicted molar refractivity (Wildman–Crippen MR) is 85.0 cm³/mol. The standard InChI is InChI=1S/C15H18ClFN4/c1-4-18-14-13(9(2)3)15(20-8-19-14)21-12-6-10(16)5-11(17)7-12/h5-9H,4H2,1-3H3,(H2,18,19,20,21). The molecule has 2 rings (SSSR count). The van der Waals surface area contributed by atoms with Gasteiger partial charge in [-0.25, -0.2) is 14.4 Å². The van der Waals surface area contributed by atoms with Crippen LogP contribution in [-0.4, -0.2) is 16.5 Å². The zero-order valence-corrected chi connectivity index (χ0v) is 13.0. The minimum atomic E-state index is -0.392. The second-order valence-corrected chi connectivity index (χ2v) is 5.39. The number of rotatable bonds is 5. The Morgan fingerprint density at radius 3 is 2.52 bits per heavy atom. The van der Waals surface area contributed by atoms with E-state index in [4.69, 9.17) is 11.6 Å². The van der Waals surface area contributed by atoms with Crippen LogP contribution in [0.5, 0.6) is 0 Å². The van der Waals surface area contributed by atoms with Gasteiger partial charge in [0.05, 0.1) is 0 Å². The van der Waals surface area contributed by atoms with Crippen molar-refractivity contribution in [3.05, 3.63) is 40.9 Å². The number of nitrogens with one attached hydrogen (secondary N) is 2. The van der Waals surface area contributed by atoms with Gasteiger partial charge in [-0.05, 0) is 31.0 Å². The van der Waals surface area contributed by atoms with Crippen LogP contribution in [0.4, 0.5) is 21.7 Å². The number of halogens is 2. The first-order chi connectivity index (χ1) is 10.0. The second kappa shape index (κ2) is 6.72. The molecule has 2 N–H and O–H groups in total. The van der Waals surface area contributed by atoms with Crippen LogP contribution >= 0.6 is 11.6 Å². The van der Waals surface area contributed by atoms with Crippen LogP contribution in [0.3, 0.4) is 0 Å². The lowest BCUT2D eigenvalue weighted by molar-refractivity contribution is 0.628. The third-order valence-electron chi connectivity index (χ3n) is 2.93. The normalized spacial score (nSPS) is 10.8. The Kier molecular flexibility index (Phi) is 4.96. The zero-order chi connectivity index (χ0) is 15.4. The number of aromatic nitrogens is 2. The monoisotopic (exact) mass is 308 g/mol. The topological polar surface area (TPSA) is 49.8 Å². The molecule has 6 heteroatoms. The molecular weight excluding hydrogens is 291 g/mol. The van der Waals surface area contributed by atoms with Gasteiger partial charge < -0.3 is 10.6 Å². The fourth-order valence-corrected chi connectivity index (χ4v) is 2.33. The Hall–Kier alpha value is -1.88. The van der Waals surface area contributed by atoms with Crippen molar-refractivity contribution < 1.29 is 4.39 Å². The number of benzene rings is 1. The predicted octanol–water partition coefficient (Wildman–Crippen LogP) is 4.57. The van der Waals surface area contributed by atoms with Crippen LogP contribution in [0, 0.1) is 5.82 Å². The van der Waals surface area contributed by atoms with Gasteiger partial charge in [0, 0.05) is 22.8 Å². The summed E-state index contributed by atoms with van der Waals surface area (Å²) >= 11 is 5.87. The van der Waals surface area contributed by atoms with Gasteiger partial charge in [0.15, 0.2) is 0 Å². The van der Waals surface area contributed by atoms with Gasteiger partial charge in [-0.2, -0.15) is 0 Å². The molecule has 0 aliphatic rings. The molecule has 0 atom stereocenters. The molecule has 0 radical (unpaired) electrons. The summed E-state index contributed by atoms with van der Waals surface area (Å²) in [5, 5.41) is 6.67. The van der Waals surface area contributed by atoms with E-state index < -0.39 is 5.82 Å². The van der Waals surface area contributed by atoms with Crippen molar-refractivity contribution >= 4 is 28.9 Å². The summed E-state index contributed by atoms with van der Waals surface area (Å²) < 4.78 is 13.4. The first-order valence-electron chi connectivity index (χ1n) is 6.83. The van der Waals surface area contributed by atoms with Crippen molar-refractivity contribution in [2.45, 2.75) is 26.7 Å². The van der Waals surface area contributed by atoms with Crippen LogP contribution in [0.2, 0.25) is 5.02 Å². The molecule has 2 aromatic rings. The molecule has 0 unspecified atom stereocenters. The summed E-state index contributed by atoms with van der Waals surface area (Å²) in [4.78, 5) is 8.53. The average Bonchev–Trinajstić information content (AvgIpc) is 2.37. The van der Waals surface area contributed by atoms with Crippen molar-refractivity contribution in [3.8, 4) is 0 Å². The largest absolute Gasteiger partial charge is 0.370 e. The molecule has 1 aromatic carbocycles. The van der Waals surface area contributed by atoms with Gasteiger partial charge in [-0.15, -0.1) is 0 Å². The molecule has 0 aliphatic carbocycles. The van der Waals surface area contributed by atoms with Crippen molar-refractivity contribution in [1.29, 1.82) is 0 Å². The smallest absolute Gasteiger partial charge is 0.139 e. The molecule has 1 aromatic heterocycles. The van der Waals surface area contributed by atoms with E-state index in [1.807, 2.05) is 6.92 Å². The van der Waals surface area contributed by atoms with Gasteiger partial charge in [0.1, 0.15) is 23.8 Å². The van der Waals surface area contributed by atoms with Gasteiger partial charge in [-0.3, -0.25) is 0 Å². The second-order valence-electron chi connectivity index (χ2n) is 4.95. The minimum absolute atomic E-state index is 0.215. The molecule has 4 nitrogen and oxygen atoms in total. The molecule has 1 heterocycles. The third kappa shape index (κ3) is 3.82. The van der Waals surface area contributed by atoms with Gasteiger partial charge in [0.2, 0.25) is 0 Å². The number of hydrogen-bond donors (Lipinski definition) is 2. The highest BCUT2D eigenvalue weighted by Crippen LogP contribution is 2.31. The summed E-state index contributed by atoms with van der Waals surface area (Å²) in [5.41, 5.74) is 1.52. The third-order valence-corrected chi connectivity index (χ3v) is 3.15. The summed E-state index contributed by atoms with van der Waals surface area (Å²) in [6, 6.07) is 4.30. The van der Waals surface area contributed by atoms with E-state index in [-0.39, 0.29) is 5.92 Å². The van der Waals surface area contributed by atoms with Crippen molar-refractivity contribution in [2.75, 3.05) is 17.2 Å². The fraction of sp³-hybridized carbons (Fsp3) is 0.333. The molecule has 0 aliphatic heterocycles. The Balaban J connectivity index is 2.41. The lowest BCUT2D eigenvalue weighted by Gasteiger charge is -2.17. The highest BCUT2D eigenvalue weighted by Gasteiger charge is 2.15. The maximum atomic E-state index is 13.4. The highest BCUT2D eigenvalue weighted by molar-refractivity contribution is 6.30. The number of hydrogen-bond acceptors (Lipinski definition) is 4. The van der Waals surface area contributed by atoms with E-state index in [1.165, 1.54) is 18.5 Å². The van der Waals surface area contributed by atoms with Gasteiger partial charge >= 0.3 is 0 Å². The summed E-state index contributed by atoms with van der Waals surface area (Å²) in [5.74, 6) is 1.26. The lowest BCUT2D eigenvalue weighted by atomic mass is 10.0. The zero-order valence-electron chi connectivity index (χ0n) is 12.2. The molecule has 0 saturated carbocycles. The maximum absolute atomic E-state index is 13.4. The van der Waals surface area contributed by atoms with E-state index in [1.54, 1.807) is 6.07 Å². The Morgan fingerprint density at radius 1 is 1.19 bits per heavy atom. The first-order valence-corrected chi connectivity index (χ1v) is 7.21. The van der Waals surface area contributed by atoms with Crippen LogP contribution in [0.25, 0.3) is 0 Å². The maximum Gasteiger partial charge on any atom is 0.139 e. The van der Waals surface area contributed by atoms with Gasteiger partial charge in [0.25, 0.3) is 0 Å². The molecular formula is C15H18ClFN4. The SMILES string of the molecule is CCNc1ncnc(Nc2cc(F)cc(Cl)c2)c1C(C)C. The number of anilines is 3. The van der Waals surface area contributed by atoms with Crippen LogP contribution in [0.15, 0.2) is 24.5 Å². The van der Waals surface area contributed by atoms with Crippen molar-refractivity contribution in [2.24, 2.45) is 0 Å². The first kappa shape index (κ1) is 15.5. The van der Waals surface area contributed by atoms with E-state index >= 15 is 0 Å². The highest BCUT2D eigenvalue weighted by atomic mass is 35.5. The van der Waals surface area contributed by atoms with Crippen molar-refractivity contribution in [1.82, 2.24) is 9.97 Å². The minimum Gasteiger partial charge on any atom is -0.370 e. The van der Waals surface area contributed by atoms with E-state index in [9.17, 15) is 4.39 Å². The average molecular weight is 309 g/mol. The van der Waals surface area contributed by atoms with E-state index in [0.29, 0.717) is 16.5 Å². The molecule has 0 amide bonds. The lowest BCUT2D eigenvalue weighted by Crippen LogP contribution is -2.09. The molecule has 0 bridgehead atoms. The van der Waals surface area contributed by atoms with Gasteiger partial charge in [-0.1, -0.05) is 25.4 Å². The Morgan fingerprint density at radius 2 is 1.90 bits per heavy atom. The molecule has 21 heavy (non-hydrogen) atoms. The Bertz CT molecular complexity index is 611. The quantitative estimate of drug-likeness (QED) is 0.849. The molecule has 0 saturated heterocycles. The fourth-order valence-electron chi connectivity index (χ4n) is 2.11. The van der Waals surface area contributed by atoms with Crippen LogP contribution in [-0.2, 0) is 0 Å². The molecule has 0 fully saturated rings. The van der Waals surface area contributed by atoms with Crippen LogP contribution < -0.4 is 10.6 Å². The molecule has 0 spiro atoms. The summed E-state index contributed by atoms with van der Waals surface area (Å²) in [6.07, 6.45) is 1.48. The van der Waals surface area contributed by atoms with E-state index in [0.717, 1.165) is 17.9 Å². The Labute approximate surface area is 128 Å². The van der Waals surface area contributed by atoms with E-state index in [2.05, 4.69) is 34.4 Å². The number of nitrogens with zero attached hydrogens (tertiary/aromatic N) is 2. The molecule has 112 valence electrons. The summed E-state index contributed by atoms with van der Waals surface area (Å²) in [6.45, 7) is 6.89. The van der Waals surface area contributed by atoms with Crippen molar-refractivity contribution in [3.63, 3.8) is 0 Å².